The molecule has 0 aromatic heterocycles. The lowest BCUT2D eigenvalue weighted by molar-refractivity contribution is -0.143. The second kappa shape index (κ2) is 5.56. The van der Waals surface area contributed by atoms with Crippen molar-refractivity contribution in [2.45, 2.75) is 38.3 Å². The van der Waals surface area contributed by atoms with Crippen molar-refractivity contribution in [3.05, 3.63) is 0 Å². The van der Waals surface area contributed by atoms with Crippen LogP contribution in [0.5, 0.6) is 0 Å². The number of likely N-dealkylation sites (tertiary alicyclic amines) is 1. The van der Waals surface area contributed by atoms with Crippen molar-refractivity contribution >= 4 is 12.0 Å². The van der Waals surface area contributed by atoms with Gasteiger partial charge in [-0.25, -0.2) is 9.59 Å². The number of carboxylic acids is 1. The Morgan fingerprint density at radius 3 is 2.28 bits per heavy atom. The molecule has 1 heterocycles. The molecule has 0 bridgehead atoms. The third kappa shape index (κ3) is 3.60. The van der Waals surface area contributed by atoms with Crippen LogP contribution in [-0.2, 0) is 4.79 Å². The number of carbonyl (C=O) groups is 2. The highest BCUT2D eigenvalue weighted by atomic mass is 16.4. The van der Waals surface area contributed by atoms with Crippen LogP contribution >= 0.6 is 0 Å². The minimum atomic E-state index is -1.24. The first-order valence-electron chi connectivity index (χ1n) is 6.21. The fourth-order valence-electron chi connectivity index (χ4n) is 1.96. The van der Waals surface area contributed by atoms with Gasteiger partial charge in [0.05, 0.1) is 0 Å². The molecule has 0 radical (unpaired) electrons. The summed E-state index contributed by atoms with van der Waals surface area (Å²) in [4.78, 5) is 26.8. The topological polar surface area (TPSA) is 72.9 Å². The van der Waals surface area contributed by atoms with E-state index in [4.69, 9.17) is 5.11 Å². The number of hydrogen-bond acceptors (Lipinski definition) is 3. The van der Waals surface area contributed by atoms with Crippen LogP contribution in [-0.4, -0.2) is 65.7 Å². The number of carboxylic acid groups (broad SMARTS) is 1. The van der Waals surface area contributed by atoms with Crippen molar-refractivity contribution in [2.75, 3.05) is 27.2 Å². The van der Waals surface area contributed by atoms with Gasteiger partial charge in [0, 0.05) is 13.1 Å². The van der Waals surface area contributed by atoms with Crippen LogP contribution in [0.2, 0.25) is 0 Å². The minimum absolute atomic E-state index is 0.186. The van der Waals surface area contributed by atoms with Gasteiger partial charge in [0.15, 0.2) is 0 Å². The summed E-state index contributed by atoms with van der Waals surface area (Å²) in [6.07, 6.45) is 1.85. The lowest BCUT2D eigenvalue weighted by atomic mass is 10.0. The highest BCUT2D eigenvalue weighted by Crippen LogP contribution is 2.15. The predicted octanol–water partition coefficient (Wildman–Crippen LogP) is 0.585. The van der Waals surface area contributed by atoms with Crippen LogP contribution in [0.15, 0.2) is 0 Å². The Kier molecular flexibility index (Phi) is 4.56. The third-order valence-electron chi connectivity index (χ3n) is 3.51. The van der Waals surface area contributed by atoms with Gasteiger partial charge in [0.2, 0.25) is 0 Å². The molecule has 0 saturated carbocycles. The number of nitrogens with zero attached hydrogens (tertiary/aromatic N) is 2. The molecule has 0 atom stereocenters. The summed E-state index contributed by atoms with van der Waals surface area (Å²) in [5, 5.41) is 11.5. The lowest BCUT2D eigenvalue weighted by Gasteiger charge is -2.36. The van der Waals surface area contributed by atoms with Gasteiger partial charge in [-0.1, -0.05) is 0 Å². The Bertz CT molecular complexity index is 323. The third-order valence-corrected chi connectivity index (χ3v) is 3.51. The Hall–Kier alpha value is -1.30. The average Bonchev–Trinajstić information content (AvgIpc) is 2.28. The van der Waals surface area contributed by atoms with Gasteiger partial charge in [-0.05, 0) is 46.8 Å². The predicted molar refractivity (Wildman–Crippen MR) is 68.5 cm³/mol. The van der Waals surface area contributed by atoms with Crippen LogP contribution in [0.4, 0.5) is 4.79 Å². The lowest BCUT2D eigenvalue weighted by Crippen LogP contribution is -2.56. The van der Waals surface area contributed by atoms with E-state index >= 15 is 0 Å². The molecule has 6 nitrogen and oxygen atoms in total. The molecule has 0 unspecified atom stereocenters. The molecule has 1 aliphatic rings. The molecule has 18 heavy (non-hydrogen) atoms. The Morgan fingerprint density at radius 1 is 1.33 bits per heavy atom. The number of hydrogen-bond donors (Lipinski definition) is 2. The average molecular weight is 257 g/mol. The maximum absolute atomic E-state index is 12.0. The molecule has 1 saturated heterocycles. The van der Waals surface area contributed by atoms with Gasteiger partial charge >= 0.3 is 12.0 Å². The summed E-state index contributed by atoms with van der Waals surface area (Å²) >= 11 is 0. The van der Waals surface area contributed by atoms with Gasteiger partial charge in [-0.3, -0.25) is 0 Å². The highest BCUT2D eigenvalue weighted by molar-refractivity contribution is 5.85. The number of piperidine rings is 1. The summed E-state index contributed by atoms with van der Waals surface area (Å²) < 4.78 is 0. The Labute approximate surface area is 108 Å². The van der Waals surface area contributed by atoms with Crippen LogP contribution in [0.1, 0.15) is 26.7 Å². The summed E-state index contributed by atoms with van der Waals surface area (Å²) in [5.74, 6) is -1.03. The number of amides is 2. The van der Waals surface area contributed by atoms with E-state index in [2.05, 4.69) is 17.3 Å². The van der Waals surface area contributed by atoms with Crippen LogP contribution in [0, 0.1) is 0 Å². The molecule has 2 N–H and O–H groups in total. The molecule has 1 fully saturated rings. The van der Waals surface area contributed by atoms with Crippen molar-refractivity contribution in [3.63, 3.8) is 0 Å². The largest absolute Gasteiger partial charge is 0.480 e. The molecule has 1 aliphatic heterocycles. The van der Waals surface area contributed by atoms with Crippen molar-refractivity contribution in [1.29, 1.82) is 0 Å². The molecular weight excluding hydrogens is 234 g/mol. The smallest absolute Gasteiger partial charge is 0.328 e. The number of urea groups is 1. The van der Waals surface area contributed by atoms with Gasteiger partial charge in [0.25, 0.3) is 0 Å². The zero-order valence-corrected chi connectivity index (χ0v) is 11.6. The van der Waals surface area contributed by atoms with Gasteiger partial charge in [0.1, 0.15) is 5.54 Å². The monoisotopic (exact) mass is 257 g/mol. The number of aliphatic carboxylic acids is 1. The first-order chi connectivity index (χ1) is 8.24. The minimum Gasteiger partial charge on any atom is -0.480 e. The Morgan fingerprint density at radius 2 is 1.83 bits per heavy atom. The second-order valence-electron chi connectivity index (χ2n) is 5.51. The second-order valence-corrected chi connectivity index (χ2v) is 5.51. The standard InChI is InChI=1S/C12H23N3O3/c1-12(2,10(16)17)13-11(18)15(4)9-5-7-14(3)8-6-9/h9H,5-8H2,1-4H3,(H,13,18)(H,16,17). The molecule has 6 heteroatoms. The highest BCUT2D eigenvalue weighted by Gasteiger charge is 2.32. The summed E-state index contributed by atoms with van der Waals surface area (Å²) in [6.45, 7) is 4.89. The SMILES string of the molecule is CN1CCC(N(C)C(=O)NC(C)(C)C(=O)O)CC1. The van der Waals surface area contributed by atoms with E-state index in [1.54, 1.807) is 11.9 Å². The number of rotatable bonds is 3. The fourth-order valence-corrected chi connectivity index (χ4v) is 1.96. The van der Waals surface area contributed by atoms with E-state index in [9.17, 15) is 9.59 Å². The van der Waals surface area contributed by atoms with E-state index in [1.165, 1.54) is 13.8 Å². The molecular formula is C12H23N3O3. The quantitative estimate of drug-likeness (QED) is 0.776. The Balaban J connectivity index is 2.54. The maximum Gasteiger partial charge on any atom is 0.328 e. The van der Waals surface area contributed by atoms with Crippen LogP contribution < -0.4 is 5.32 Å². The van der Waals surface area contributed by atoms with Crippen molar-refractivity contribution < 1.29 is 14.7 Å². The molecule has 0 spiro atoms. The van der Waals surface area contributed by atoms with Crippen molar-refractivity contribution in [3.8, 4) is 0 Å². The molecule has 1 rings (SSSR count). The normalized spacial score (nSPS) is 18.4. The summed E-state index contributed by atoms with van der Waals surface area (Å²) in [7, 11) is 3.78. The van der Waals surface area contributed by atoms with E-state index in [0.717, 1.165) is 25.9 Å². The van der Waals surface area contributed by atoms with E-state index in [-0.39, 0.29) is 12.1 Å². The molecule has 0 aromatic carbocycles. The molecule has 0 aliphatic carbocycles. The van der Waals surface area contributed by atoms with E-state index in [0.29, 0.717) is 0 Å². The van der Waals surface area contributed by atoms with E-state index in [1.807, 2.05) is 0 Å². The number of carbonyl (C=O) groups excluding carboxylic acids is 1. The first-order valence-corrected chi connectivity index (χ1v) is 6.21. The summed E-state index contributed by atoms with van der Waals surface area (Å²) in [5.41, 5.74) is -1.24. The van der Waals surface area contributed by atoms with Gasteiger partial charge in [-0.2, -0.15) is 0 Å². The van der Waals surface area contributed by atoms with Crippen molar-refractivity contribution in [1.82, 2.24) is 15.1 Å². The fraction of sp³-hybridized carbons (Fsp3) is 0.833. The summed E-state index contributed by atoms with van der Waals surface area (Å²) in [6, 6.07) is -0.136. The van der Waals surface area contributed by atoms with Gasteiger partial charge < -0.3 is 20.2 Å². The van der Waals surface area contributed by atoms with Crippen LogP contribution in [0.3, 0.4) is 0 Å². The zero-order chi connectivity index (χ0) is 13.9. The number of nitrogens with one attached hydrogen (secondary N) is 1. The van der Waals surface area contributed by atoms with Crippen LogP contribution in [0.25, 0.3) is 0 Å². The maximum atomic E-state index is 12.0. The van der Waals surface area contributed by atoms with Crippen molar-refractivity contribution in [2.24, 2.45) is 0 Å². The molecule has 0 aromatic rings. The van der Waals surface area contributed by atoms with E-state index < -0.39 is 11.5 Å². The van der Waals surface area contributed by atoms with Gasteiger partial charge in [-0.15, -0.1) is 0 Å². The molecule has 104 valence electrons. The molecule has 2 amide bonds. The first kappa shape index (κ1) is 14.8. The zero-order valence-electron chi connectivity index (χ0n) is 11.6.